The molecule has 1 heterocycles. The highest BCUT2D eigenvalue weighted by molar-refractivity contribution is 8.12. The van der Waals surface area contributed by atoms with Gasteiger partial charge in [0, 0.05) is 23.3 Å². The van der Waals surface area contributed by atoms with Gasteiger partial charge in [0.15, 0.2) is 0 Å². The zero-order valence-corrected chi connectivity index (χ0v) is 9.24. The van der Waals surface area contributed by atoms with Gasteiger partial charge in [0.1, 0.15) is 0 Å². The molecule has 13 heavy (non-hydrogen) atoms. The quantitative estimate of drug-likeness (QED) is 0.713. The van der Waals surface area contributed by atoms with Gasteiger partial charge in [-0.15, -0.1) is 0 Å². The maximum Gasteiger partial charge on any atom is 0.297 e. The summed E-state index contributed by atoms with van der Waals surface area (Å²) in [6.07, 6.45) is 2.42. The molecular formula is C7H15ClN2O2S. The van der Waals surface area contributed by atoms with Crippen LogP contribution in [0.2, 0.25) is 0 Å². The van der Waals surface area contributed by atoms with Gasteiger partial charge in [-0.05, 0) is 32.9 Å². The van der Waals surface area contributed by atoms with E-state index in [1.807, 2.05) is 6.92 Å². The first-order chi connectivity index (χ1) is 5.97. The van der Waals surface area contributed by atoms with Gasteiger partial charge in [-0.3, -0.25) is 0 Å². The number of halogens is 1. The Bertz CT molecular complexity index is 249. The van der Waals surface area contributed by atoms with Crippen LogP contribution in [0.5, 0.6) is 0 Å². The van der Waals surface area contributed by atoms with Crippen molar-refractivity contribution in [2.24, 2.45) is 0 Å². The van der Waals surface area contributed by atoms with E-state index < -0.39 is 9.24 Å². The van der Waals surface area contributed by atoms with Crippen LogP contribution >= 0.6 is 10.7 Å². The van der Waals surface area contributed by atoms with E-state index in [0.717, 1.165) is 19.6 Å². The molecule has 0 aromatic rings. The van der Waals surface area contributed by atoms with Crippen LogP contribution < -0.4 is 4.72 Å². The predicted octanol–water partition coefficient (Wildman–Crippen LogP) is 0.544. The molecule has 0 radical (unpaired) electrons. The summed E-state index contributed by atoms with van der Waals surface area (Å²) in [5.41, 5.74) is 0. The Kier molecular flexibility index (Phi) is 3.97. The normalized spacial score (nSPS) is 22.0. The Morgan fingerprint density at radius 3 is 2.46 bits per heavy atom. The number of nitrogens with zero attached hydrogens (tertiary/aromatic N) is 1. The SMILES string of the molecule is CC(CN1CCCC1)NS(=O)(=O)Cl. The number of rotatable bonds is 4. The van der Waals surface area contributed by atoms with E-state index >= 15 is 0 Å². The molecule has 1 N–H and O–H groups in total. The highest BCUT2D eigenvalue weighted by Gasteiger charge is 2.17. The molecule has 1 rings (SSSR count). The van der Waals surface area contributed by atoms with Crippen molar-refractivity contribution >= 4 is 19.9 Å². The summed E-state index contributed by atoms with van der Waals surface area (Å²) in [5.74, 6) is 0. The molecule has 4 nitrogen and oxygen atoms in total. The van der Waals surface area contributed by atoms with Crippen molar-refractivity contribution in [1.82, 2.24) is 9.62 Å². The summed E-state index contributed by atoms with van der Waals surface area (Å²) in [7, 11) is 1.49. The van der Waals surface area contributed by atoms with Crippen LogP contribution in [0.25, 0.3) is 0 Å². The van der Waals surface area contributed by atoms with Gasteiger partial charge in [0.2, 0.25) is 0 Å². The Labute approximate surface area is 83.8 Å². The molecule has 1 unspecified atom stereocenters. The van der Waals surface area contributed by atoms with Crippen molar-refractivity contribution in [2.45, 2.75) is 25.8 Å². The first-order valence-corrected chi connectivity index (χ1v) is 6.72. The van der Waals surface area contributed by atoms with Crippen LogP contribution in [0.15, 0.2) is 0 Å². The van der Waals surface area contributed by atoms with Crippen molar-refractivity contribution in [3.05, 3.63) is 0 Å². The third-order valence-electron chi connectivity index (χ3n) is 2.07. The Morgan fingerprint density at radius 2 is 2.00 bits per heavy atom. The monoisotopic (exact) mass is 226 g/mol. The van der Waals surface area contributed by atoms with Crippen LogP contribution in [-0.2, 0) is 9.24 Å². The summed E-state index contributed by atoms with van der Waals surface area (Å²) in [6.45, 7) is 4.69. The molecule has 1 fully saturated rings. The lowest BCUT2D eigenvalue weighted by Crippen LogP contribution is -2.39. The summed E-state index contributed by atoms with van der Waals surface area (Å²) in [5, 5.41) is 0. The zero-order chi connectivity index (χ0) is 9.90. The average Bonchev–Trinajstić information content (AvgIpc) is 2.34. The lowest BCUT2D eigenvalue weighted by Gasteiger charge is -2.19. The Balaban J connectivity index is 2.28. The lowest BCUT2D eigenvalue weighted by molar-refractivity contribution is 0.313. The summed E-state index contributed by atoms with van der Waals surface area (Å²) < 4.78 is 23.6. The topological polar surface area (TPSA) is 49.4 Å². The molecule has 0 bridgehead atoms. The van der Waals surface area contributed by atoms with E-state index in [-0.39, 0.29) is 6.04 Å². The maximum absolute atomic E-state index is 10.7. The van der Waals surface area contributed by atoms with Gasteiger partial charge >= 0.3 is 0 Å². The summed E-state index contributed by atoms with van der Waals surface area (Å²) >= 11 is 0. The second kappa shape index (κ2) is 4.59. The second-order valence-electron chi connectivity index (χ2n) is 3.46. The van der Waals surface area contributed by atoms with Crippen LogP contribution in [0.4, 0.5) is 0 Å². The first kappa shape index (κ1) is 11.2. The summed E-state index contributed by atoms with van der Waals surface area (Å²) in [4.78, 5) is 2.24. The first-order valence-electron chi connectivity index (χ1n) is 4.41. The molecule has 0 spiro atoms. The number of hydrogen-bond donors (Lipinski definition) is 1. The minimum Gasteiger partial charge on any atom is -0.302 e. The van der Waals surface area contributed by atoms with Gasteiger partial charge in [0.25, 0.3) is 9.24 Å². The van der Waals surface area contributed by atoms with Gasteiger partial charge in [-0.25, -0.2) is 0 Å². The molecule has 0 aromatic carbocycles. The number of hydrogen-bond acceptors (Lipinski definition) is 3. The molecular weight excluding hydrogens is 212 g/mol. The van der Waals surface area contributed by atoms with Crippen molar-refractivity contribution in [3.8, 4) is 0 Å². The molecule has 1 saturated heterocycles. The van der Waals surface area contributed by atoms with Crippen molar-refractivity contribution in [3.63, 3.8) is 0 Å². The smallest absolute Gasteiger partial charge is 0.297 e. The maximum atomic E-state index is 10.7. The molecule has 1 aliphatic heterocycles. The fraction of sp³-hybridized carbons (Fsp3) is 1.00. The van der Waals surface area contributed by atoms with Crippen molar-refractivity contribution < 1.29 is 8.42 Å². The van der Waals surface area contributed by atoms with E-state index in [1.165, 1.54) is 12.8 Å². The molecule has 1 aliphatic rings. The minimum absolute atomic E-state index is 0.111. The predicted molar refractivity (Wildman–Crippen MR) is 53.0 cm³/mol. The molecule has 0 aromatic heterocycles. The standard InChI is InChI=1S/C7H15ClN2O2S/c1-7(9-13(8,11)12)6-10-4-2-3-5-10/h7,9H,2-6H2,1H3. The second-order valence-corrected chi connectivity index (χ2v) is 5.79. The molecule has 6 heteroatoms. The van der Waals surface area contributed by atoms with Gasteiger partial charge in [-0.1, -0.05) is 0 Å². The van der Waals surface area contributed by atoms with Crippen molar-refractivity contribution in [2.75, 3.05) is 19.6 Å². The molecule has 78 valence electrons. The highest BCUT2D eigenvalue weighted by Crippen LogP contribution is 2.08. The Hall–Kier alpha value is 0.160. The van der Waals surface area contributed by atoms with Crippen LogP contribution in [-0.4, -0.2) is 39.0 Å². The van der Waals surface area contributed by atoms with Crippen molar-refractivity contribution in [1.29, 1.82) is 0 Å². The van der Waals surface area contributed by atoms with Gasteiger partial charge in [-0.2, -0.15) is 13.1 Å². The highest BCUT2D eigenvalue weighted by atomic mass is 35.7. The van der Waals surface area contributed by atoms with E-state index in [9.17, 15) is 8.42 Å². The summed E-state index contributed by atoms with van der Waals surface area (Å²) in [6, 6.07) is -0.111. The number of nitrogens with one attached hydrogen (secondary N) is 1. The lowest BCUT2D eigenvalue weighted by atomic mass is 10.3. The molecule has 0 saturated carbocycles. The van der Waals surface area contributed by atoms with E-state index in [4.69, 9.17) is 10.7 Å². The van der Waals surface area contributed by atoms with E-state index in [0.29, 0.717) is 0 Å². The van der Waals surface area contributed by atoms with Crippen LogP contribution in [0.1, 0.15) is 19.8 Å². The fourth-order valence-corrected chi connectivity index (χ4v) is 2.64. The van der Waals surface area contributed by atoms with Gasteiger partial charge in [0.05, 0.1) is 0 Å². The molecule has 0 amide bonds. The van der Waals surface area contributed by atoms with E-state index in [2.05, 4.69) is 9.62 Å². The van der Waals surface area contributed by atoms with Crippen LogP contribution in [0.3, 0.4) is 0 Å². The third kappa shape index (κ3) is 4.81. The largest absolute Gasteiger partial charge is 0.302 e. The molecule has 1 atom stereocenters. The Morgan fingerprint density at radius 1 is 1.46 bits per heavy atom. The minimum atomic E-state index is -3.57. The number of likely N-dealkylation sites (tertiary alicyclic amines) is 1. The third-order valence-corrected chi connectivity index (χ3v) is 3.02. The van der Waals surface area contributed by atoms with Crippen LogP contribution in [0, 0.1) is 0 Å². The fourth-order valence-electron chi connectivity index (χ4n) is 1.63. The molecule has 0 aliphatic carbocycles. The van der Waals surface area contributed by atoms with Gasteiger partial charge < -0.3 is 4.90 Å². The van der Waals surface area contributed by atoms with E-state index in [1.54, 1.807) is 0 Å². The average molecular weight is 227 g/mol. The zero-order valence-electron chi connectivity index (χ0n) is 7.66.